The molecule has 0 fully saturated rings. The summed E-state index contributed by atoms with van der Waals surface area (Å²) in [6, 6.07) is 0.115. The van der Waals surface area contributed by atoms with Gasteiger partial charge in [0.05, 0.1) is 5.60 Å². The maximum absolute atomic E-state index is 6.24. The molecule has 15 heavy (non-hydrogen) atoms. The largest absolute Gasteiger partial charge is 0.374 e. The molecule has 0 aliphatic rings. The predicted molar refractivity (Wildman–Crippen MR) is 67.0 cm³/mol. The highest BCUT2D eigenvalue weighted by Crippen LogP contribution is 2.26. The zero-order chi connectivity index (χ0) is 11.9. The maximum atomic E-state index is 6.24. The second kappa shape index (κ2) is 7.02. The van der Waals surface area contributed by atoms with Gasteiger partial charge in [-0.1, -0.05) is 19.4 Å². The zero-order valence-corrected chi connectivity index (χ0v) is 10.8. The SMILES string of the molecule is C=C(C)CCC(N)C(CC)(CC)OCC. The molecule has 0 rings (SSSR count). The third kappa shape index (κ3) is 4.35. The Labute approximate surface area is 94.9 Å². The molecular weight excluding hydrogens is 186 g/mol. The Hall–Kier alpha value is -0.340. The molecule has 0 saturated carbocycles. The molecule has 0 radical (unpaired) electrons. The lowest BCUT2D eigenvalue weighted by molar-refractivity contribution is -0.0649. The van der Waals surface area contributed by atoms with Gasteiger partial charge < -0.3 is 10.5 Å². The van der Waals surface area contributed by atoms with Crippen molar-refractivity contribution in [3.63, 3.8) is 0 Å². The fraction of sp³-hybridized carbons (Fsp3) is 0.846. The van der Waals surface area contributed by atoms with E-state index in [-0.39, 0.29) is 11.6 Å². The van der Waals surface area contributed by atoms with E-state index in [1.54, 1.807) is 0 Å². The molecule has 0 aromatic carbocycles. The second-order valence-corrected chi connectivity index (χ2v) is 4.31. The highest BCUT2D eigenvalue weighted by Gasteiger charge is 2.33. The van der Waals surface area contributed by atoms with Crippen LogP contribution in [0.4, 0.5) is 0 Å². The number of rotatable bonds is 8. The molecule has 0 spiro atoms. The van der Waals surface area contributed by atoms with Crippen LogP contribution in [-0.4, -0.2) is 18.2 Å². The molecule has 0 amide bonds. The van der Waals surface area contributed by atoms with Crippen molar-refractivity contribution in [2.24, 2.45) is 5.73 Å². The maximum Gasteiger partial charge on any atom is 0.0827 e. The fourth-order valence-corrected chi connectivity index (χ4v) is 2.04. The fourth-order valence-electron chi connectivity index (χ4n) is 2.04. The minimum absolute atomic E-state index is 0.115. The molecule has 2 heteroatoms. The normalized spacial score (nSPS) is 13.9. The second-order valence-electron chi connectivity index (χ2n) is 4.31. The Kier molecular flexibility index (Phi) is 6.86. The molecule has 0 aromatic rings. The molecule has 0 heterocycles. The third-order valence-corrected chi connectivity index (χ3v) is 3.19. The van der Waals surface area contributed by atoms with E-state index in [0.29, 0.717) is 0 Å². The molecule has 0 saturated heterocycles. The van der Waals surface area contributed by atoms with Crippen molar-refractivity contribution < 1.29 is 4.74 Å². The summed E-state index contributed by atoms with van der Waals surface area (Å²) in [6.45, 7) is 13.0. The van der Waals surface area contributed by atoms with Crippen LogP contribution in [-0.2, 0) is 4.74 Å². The quantitative estimate of drug-likeness (QED) is 0.628. The lowest BCUT2D eigenvalue weighted by atomic mass is 9.85. The molecule has 0 bridgehead atoms. The van der Waals surface area contributed by atoms with Gasteiger partial charge in [-0.05, 0) is 39.5 Å². The third-order valence-electron chi connectivity index (χ3n) is 3.19. The van der Waals surface area contributed by atoms with Gasteiger partial charge in [0.2, 0.25) is 0 Å². The molecule has 0 aliphatic heterocycles. The van der Waals surface area contributed by atoms with E-state index in [9.17, 15) is 0 Å². The van der Waals surface area contributed by atoms with E-state index in [1.165, 1.54) is 5.57 Å². The molecule has 1 atom stereocenters. The van der Waals surface area contributed by atoms with Crippen LogP contribution in [0.1, 0.15) is 53.4 Å². The molecule has 0 aromatic heterocycles. The number of allylic oxidation sites excluding steroid dienone is 1. The standard InChI is InChI=1S/C13H27NO/c1-6-13(7-2,15-8-3)12(14)10-9-11(4)5/h12H,4,6-10,14H2,1-3,5H3. The molecule has 2 N–H and O–H groups in total. The molecule has 90 valence electrons. The van der Waals surface area contributed by atoms with Crippen molar-refractivity contribution in [2.45, 2.75) is 65.0 Å². The van der Waals surface area contributed by atoms with Crippen molar-refractivity contribution >= 4 is 0 Å². The van der Waals surface area contributed by atoms with E-state index in [0.717, 1.165) is 32.3 Å². The van der Waals surface area contributed by atoms with Crippen LogP contribution in [0, 0.1) is 0 Å². The average molecular weight is 213 g/mol. The van der Waals surface area contributed by atoms with E-state index in [1.807, 2.05) is 13.8 Å². The summed E-state index contributed by atoms with van der Waals surface area (Å²) in [6.07, 6.45) is 3.93. The Morgan fingerprint density at radius 3 is 2.20 bits per heavy atom. The van der Waals surface area contributed by atoms with E-state index in [4.69, 9.17) is 10.5 Å². The van der Waals surface area contributed by atoms with Crippen molar-refractivity contribution in [3.05, 3.63) is 12.2 Å². The number of hydrogen-bond acceptors (Lipinski definition) is 2. The van der Waals surface area contributed by atoms with Gasteiger partial charge in [-0.3, -0.25) is 0 Å². The first-order valence-corrected chi connectivity index (χ1v) is 6.06. The van der Waals surface area contributed by atoms with Gasteiger partial charge in [-0.2, -0.15) is 0 Å². The van der Waals surface area contributed by atoms with Crippen LogP contribution in [0.15, 0.2) is 12.2 Å². The summed E-state index contributed by atoms with van der Waals surface area (Å²) >= 11 is 0. The Morgan fingerprint density at radius 2 is 1.87 bits per heavy atom. The number of hydrogen-bond donors (Lipinski definition) is 1. The first kappa shape index (κ1) is 14.7. The minimum Gasteiger partial charge on any atom is -0.374 e. The number of nitrogens with two attached hydrogens (primary N) is 1. The molecule has 2 nitrogen and oxygen atoms in total. The highest BCUT2D eigenvalue weighted by atomic mass is 16.5. The Morgan fingerprint density at radius 1 is 1.33 bits per heavy atom. The summed E-state index contributed by atoms with van der Waals surface area (Å²) in [7, 11) is 0. The van der Waals surface area contributed by atoms with Crippen molar-refractivity contribution in [2.75, 3.05) is 6.61 Å². The van der Waals surface area contributed by atoms with E-state index < -0.39 is 0 Å². The highest BCUT2D eigenvalue weighted by molar-refractivity contribution is 4.95. The van der Waals surface area contributed by atoms with Crippen LogP contribution >= 0.6 is 0 Å². The van der Waals surface area contributed by atoms with E-state index in [2.05, 4.69) is 20.4 Å². The van der Waals surface area contributed by atoms with Crippen LogP contribution < -0.4 is 5.73 Å². The van der Waals surface area contributed by atoms with Gasteiger partial charge >= 0.3 is 0 Å². The topological polar surface area (TPSA) is 35.2 Å². The zero-order valence-electron chi connectivity index (χ0n) is 10.8. The summed E-state index contributed by atoms with van der Waals surface area (Å²) < 4.78 is 5.87. The Bertz CT molecular complexity index is 185. The summed E-state index contributed by atoms with van der Waals surface area (Å²) in [5.74, 6) is 0. The smallest absolute Gasteiger partial charge is 0.0827 e. The van der Waals surface area contributed by atoms with Gasteiger partial charge in [0.25, 0.3) is 0 Å². The van der Waals surface area contributed by atoms with Crippen molar-refractivity contribution in [3.8, 4) is 0 Å². The summed E-state index contributed by atoms with van der Waals surface area (Å²) in [5.41, 5.74) is 7.30. The first-order valence-electron chi connectivity index (χ1n) is 6.06. The number of ether oxygens (including phenoxy) is 1. The van der Waals surface area contributed by atoms with Crippen LogP contribution in [0.25, 0.3) is 0 Å². The van der Waals surface area contributed by atoms with Crippen molar-refractivity contribution in [1.29, 1.82) is 0 Å². The average Bonchev–Trinajstić information content (AvgIpc) is 2.22. The van der Waals surface area contributed by atoms with E-state index >= 15 is 0 Å². The lowest BCUT2D eigenvalue weighted by Crippen LogP contribution is -2.49. The summed E-state index contributed by atoms with van der Waals surface area (Å²) in [5, 5.41) is 0. The van der Waals surface area contributed by atoms with Gasteiger partial charge in [0.1, 0.15) is 0 Å². The molecular formula is C13H27NO. The van der Waals surface area contributed by atoms with Crippen LogP contribution in [0.3, 0.4) is 0 Å². The molecule has 1 unspecified atom stereocenters. The van der Waals surface area contributed by atoms with Gasteiger partial charge in [-0.15, -0.1) is 6.58 Å². The van der Waals surface area contributed by atoms with Gasteiger partial charge in [0, 0.05) is 12.6 Å². The summed E-state index contributed by atoms with van der Waals surface area (Å²) in [4.78, 5) is 0. The lowest BCUT2D eigenvalue weighted by Gasteiger charge is -2.37. The van der Waals surface area contributed by atoms with Gasteiger partial charge in [-0.25, -0.2) is 0 Å². The Balaban J connectivity index is 4.38. The minimum atomic E-state index is -0.135. The van der Waals surface area contributed by atoms with Crippen LogP contribution in [0.5, 0.6) is 0 Å². The predicted octanol–water partition coefficient (Wildman–Crippen LogP) is 3.27. The molecule has 0 aliphatic carbocycles. The first-order chi connectivity index (χ1) is 7.02. The van der Waals surface area contributed by atoms with Crippen LogP contribution in [0.2, 0.25) is 0 Å². The van der Waals surface area contributed by atoms with Crippen molar-refractivity contribution in [1.82, 2.24) is 0 Å². The van der Waals surface area contributed by atoms with Gasteiger partial charge in [0.15, 0.2) is 0 Å². The monoisotopic (exact) mass is 213 g/mol.